The van der Waals surface area contributed by atoms with Crippen LogP contribution in [0.3, 0.4) is 0 Å². The summed E-state index contributed by atoms with van der Waals surface area (Å²) >= 11 is 7.55. The highest BCUT2D eigenvalue weighted by atomic mass is 35.5. The molecular weight excluding hydrogens is 308 g/mol. The molecule has 2 unspecified atom stereocenters. The van der Waals surface area contributed by atoms with Crippen LogP contribution in [0.25, 0.3) is 0 Å². The molecule has 0 radical (unpaired) electrons. The molecule has 116 valence electrons. The standard InChI is InChI=1S/C15H21ClN2O2S/c1-10(2)18-15(14(19)20-3)7-6-12(8-15)21-13-5-4-11(16)9-17-13/h4-5,9-10,12,18H,6-8H2,1-3H3. The maximum atomic E-state index is 12.2. The quantitative estimate of drug-likeness (QED) is 0.840. The van der Waals surface area contributed by atoms with Crippen molar-refractivity contribution in [2.75, 3.05) is 7.11 Å². The van der Waals surface area contributed by atoms with Gasteiger partial charge in [-0.25, -0.2) is 4.98 Å². The van der Waals surface area contributed by atoms with Crippen molar-refractivity contribution >= 4 is 29.3 Å². The van der Waals surface area contributed by atoms with E-state index in [1.165, 1.54) is 7.11 Å². The zero-order chi connectivity index (χ0) is 15.5. The molecule has 2 atom stereocenters. The van der Waals surface area contributed by atoms with Crippen molar-refractivity contribution in [1.82, 2.24) is 10.3 Å². The van der Waals surface area contributed by atoms with E-state index in [1.54, 1.807) is 18.0 Å². The Hall–Kier alpha value is -0.780. The van der Waals surface area contributed by atoms with Crippen LogP contribution in [-0.2, 0) is 9.53 Å². The van der Waals surface area contributed by atoms with Gasteiger partial charge in [-0.1, -0.05) is 11.6 Å². The van der Waals surface area contributed by atoms with E-state index in [2.05, 4.69) is 10.3 Å². The van der Waals surface area contributed by atoms with Gasteiger partial charge in [-0.2, -0.15) is 0 Å². The smallest absolute Gasteiger partial charge is 0.326 e. The largest absolute Gasteiger partial charge is 0.468 e. The molecule has 0 aromatic carbocycles. The van der Waals surface area contributed by atoms with Crippen molar-refractivity contribution in [1.29, 1.82) is 0 Å². The minimum Gasteiger partial charge on any atom is -0.468 e. The molecule has 4 nitrogen and oxygen atoms in total. The fraction of sp³-hybridized carbons (Fsp3) is 0.600. The van der Waals surface area contributed by atoms with Gasteiger partial charge in [0.05, 0.1) is 17.2 Å². The molecule has 0 spiro atoms. The van der Waals surface area contributed by atoms with E-state index in [0.29, 0.717) is 10.3 Å². The molecule has 0 aliphatic heterocycles. The second kappa shape index (κ2) is 6.99. The Labute approximate surface area is 135 Å². The van der Waals surface area contributed by atoms with Crippen LogP contribution in [-0.4, -0.2) is 34.9 Å². The lowest BCUT2D eigenvalue weighted by atomic mass is 9.97. The summed E-state index contributed by atoms with van der Waals surface area (Å²) in [5.74, 6) is -0.164. The van der Waals surface area contributed by atoms with Crippen molar-refractivity contribution < 1.29 is 9.53 Å². The molecule has 1 aliphatic carbocycles. The number of hydrogen-bond acceptors (Lipinski definition) is 5. The molecule has 1 fully saturated rings. The highest BCUT2D eigenvalue weighted by Crippen LogP contribution is 2.40. The van der Waals surface area contributed by atoms with E-state index in [1.807, 2.05) is 26.0 Å². The molecule has 1 N–H and O–H groups in total. The Morgan fingerprint density at radius 1 is 1.57 bits per heavy atom. The normalized spacial score (nSPS) is 25.3. The first kappa shape index (κ1) is 16.6. The lowest BCUT2D eigenvalue weighted by Crippen LogP contribution is -2.53. The number of methoxy groups -OCH3 is 1. The first-order valence-electron chi connectivity index (χ1n) is 7.09. The highest BCUT2D eigenvalue weighted by Gasteiger charge is 2.46. The lowest BCUT2D eigenvalue weighted by molar-refractivity contribution is -0.148. The number of thioether (sulfide) groups is 1. The number of carbonyl (C=O) groups excluding carboxylic acids is 1. The maximum Gasteiger partial charge on any atom is 0.326 e. The van der Waals surface area contributed by atoms with E-state index in [0.717, 1.165) is 24.3 Å². The van der Waals surface area contributed by atoms with Crippen molar-refractivity contribution in [3.8, 4) is 0 Å². The summed E-state index contributed by atoms with van der Waals surface area (Å²) in [5, 5.41) is 5.33. The monoisotopic (exact) mass is 328 g/mol. The summed E-state index contributed by atoms with van der Waals surface area (Å²) in [5.41, 5.74) is -0.562. The summed E-state index contributed by atoms with van der Waals surface area (Å²) in [6.45, 7) is 4.10. The van der Waals surface area contributed by atoms with Gasteiger partial charge in [0.1, 0.15) is 5.54 Å². The molecule has 0 bridgehead atoms. The summed E-state index contributed by atoms with van der Waals surface area (Å²) in [6.07, 6.45) is 4.17. The molecule has 1 aliphatic rings. The molecule has 1 heterocycles. The first-order valence-corrected chi connectivity index (χ1v) is 8.35. The maximum absolute atomic E-state index is 12.2. The third-order valence-electron chi connectivity index (χ3n) is 3.60. The van der Waals surface area contributed by atoms with Crippen molar-refractivity contribution in [2.24, 2.45) is 0 Å². The van der Waals surface area contributed by atoms with Gasteiger partial charge in [-0.3, -0.25) is 10.1 Å². The number of ether oxygens (including phenoxy) is 1. The van der Waals surface area contributed by atoms with Gasteiger partial charge in [-0.05, 0) is 45.2 Å². The summed E-state index contributed by atoms with van der Waals surface area (Å²) < 4.78 is 5.01. The van der Waals surface area contributed by atoms with E-state index in [-0.39, 0.29) is 12.0 Å². The minimum absolute atomic E-state index is 0.164. The zero-order valence-electron chi connectivity index (χ0n) is 12.6. The van der Waals surface area contributed by atoms with E-state index >= 15 is 0 Å². The number of esters is 1. The fourth-order valence-electron chi connectivity index (χ4n) is 2.83. The average molecular weight is 329 g/mol. The SMILES string of the molecule is COC(=O)C1(NC(C)C)CCC(Sc2ccc(Cl)cn2)C1. The van der Waals surface area contributed by atoms with Gasteiger partial charge >= 0.3 is 5.97 Å². The molecule has 1 aromatic heterocycles. The third-order valence-corrected chi connectivity index (χ3v) is 5.04. The highest BCUT2D eigenvalue weighted by molar-refractivity contribution is 7.99. The van der Waals surface area contributed by atoms with Crippen LogP contribution in [0, 0.1) is 0 Å². The number of pyridine rings is 1. The second-order valence-corrected chi connectivity index (χ2v) is 7.43. The van der Waals surface area contributed by atoms with Crippen molar-refractivity contribution in [3.63, 3.8) is 0 Å². The van der Waals surface area contributed by atoms with Crippen LogP contribution in [0.15, 0.2) is 23.4 Å². The van der Waals surface area contributed by atoms with Gasteiger partial charge < -0.3 is 4.74 Å². The average Bonchev–Trinajstić information content (AvgIpc) is 2.84. The van der Waals surface area contributed by atoms with E-state index < -0.39 is 5.54 Å². The molecule has 0 saturated heterocycles. The number of hydrogen-bond donors (Lipinski definition) is 1. The second-order valence-electron chi connectivity index (χ2n) is 5.67. The Bertz CT molecular complexity index is 495. The predicted molar refractivity (Wildman–Crippen MR) is 85.8 cm³/mol. The van der Waals surface area contributed by atoms with Crippen LogP contribution in [0.4, 0.5) is 0 Å². The van der Waals surface area contributed by atoms with Crippen molar-refractivity contribution in [3.05, 3.63) is 23.4 Å². The zero-order valence-corrected chi connectivity index (χ0v) is 14.1. The Kier molecular flexibility index (Phi) is 5.52. The van der Waals surface area contributed by atoms with Gasteiger partial charge in [0.15, 0.2) is 0 Å². The molecule has 21 heavy (non-hydrogen) atoms. The lowest BCUT2D eigenvalue weighted by Gasteiger charge is -2.30. The van der Waals surface area contributed by atoms with E-state index in [4.69, 9.17) is 16.3 Å². The number of nitrogens with one attached hydrogen (secondary N) is 1. The topological polar surface area (TPSA) is 51.2 Å². The van der Waals surface area contributed by atoms with Gasteiger partial charge in [0, 0.05) is 17.5 Å². The number of nitrogens with zero attached hydrogens (tertiary/aromatic N) is 1. The third kappa shape index (κ3) is 4.11. The molecule has 1 saturated carbocycles. The molecule has 6 heteroatoms. The number of carbonyl (C=O) groups is 1. The number of aromatic nitrogens is 1. The Morgan fingerprint density at radius 3 is 2.90 bits per heavy atom. The summed E-state index contributed by atoms with van der Waals surface area (Å²) in [7, 11) is 1.45. The Balaban J connectivity index is 2.05. The van der Waals surface area contributed by atoms with Crippen LogP contribution in [0.1, 0.15) is 33.1 Å². The van der Waals surface area contributed by atoms with Crippen LogP contribution in [0.5, 0.6) is 0 Å². The first-order chi connectivity index (χ1) is 9.95. The fourth-order valence-corrected chi connectivity index (χ4v) is 4.14. The van der Waals surface area contributed by atoms with Gasteiger partial charge in [-0.15, -0.1) is 11.8 Å². The van der Waals surface area contributed by atoms with Gasteiger partial charge in [0.25, 0.3) is 0 Å². The number of halogens is 1. The minimum atomic E-state index is -0.562. The van der Waals surface area contributed by atoms with Crippen LogP contribution < -0.4 is 5.32 Å². The predicted octanol–water partition coefficient (Wildman–Crippen LogP) is 3.29. The van der Waals surface area contributed by atoms with E-state index in [9.17, 15) is 4.79 Å². The van der Waals surface area contributed by atoms with Crippen molar-refractivity contribution in [2.45, 2.75) is 55.0 Å². The summed E-state index contributed by atoms with van der Waals surface area (Å²) in [4.78, 5) is 16.5. The molecule has 1 aromatic rings. The number of rotatable bonds is 5. The van der Waals surface area contributed by atoms with Crippen LogP contribution in [0.2, 0.25) is 5.02 Å². The Morgan fingerprint density at radius 2 is 2.33 bits per heavy atom. The molecule has 2 rings (SSSR count). The molecule has 0 amide bonds. The summed E-state index contributed by atoms with van der Waals surface area (Å²) in [6, 6.07) is 3.99. The van der Waals surface area contributed by atoms with Crippen LogP contribution >= 0.6 is 23.4 Å². The van der Waals surface area contributed by atoms with Gasteiger partial charge in [0.2, 0.25) is 0 Å². The molecular formula is C15H21ClN2O2S.